The van der Waals surface area contributed by atoms with Gasteiger partial charge in [0.25, 0.3) is 0 Å². The molecular formula is C21H24N2O. The largest absolute Gasteiger partial charge is 0.370 e. The minimum Gasteiger partial charge on any atom is -0.370 e. The van der Waals surface area contributed by atoms with Crippen LogP contribution >= 0.6 is 0 Å². The van der Waals surface area contributed by atoms with Gasteiger partial charge in [-0.3, -0.25) is 4.79 Å². The smallest absolute Gasteiger partial charge is 0.192 e. The van der Waals surface area contributed by atoms with Gasteiger partial charge in [0.1, 0.15) is 0 Å². The summed E-state index contributed by atoms with van der Waals surface area (Å²) in [7, 11) is 0. The Morgan fingerprint density at radius 2 is 1.83 bits per heavy atom. The summed E-state index contributed by atoms with van der Waals surface area (Å²) in [5, 5.41) is 0.802. The highest BCUT2D eigenvalue weighted by Gasteiger charge is 2.08. The van der Waals surface area contributed by atoms with Crippen LogP contribution in [0.5, 0.6) is 0 Å². The van der Waals surface area contributed by atoms with E-state index in [4.69, 9.17) is 0 Å². The average molecular weight is 320 g/mol. The highest BCUT2D eigenvalue weighted by atomic mass is 16.1. The van der Waals surface area contributed by atoms with Crippen molar-refractivity contribution in [2.24, 2.45) is 0 Å². The average Bonchev–Trinajstić information content (AvgIpc) is 2.60. The SMILES string of the molecule is CCN(CCn1cc(C)c(=O)c2ccccc21)c1cccc(C)c1. The Morgan fingerprint density at radius 1 is 1.04 bits per heavy atom. The molecule has 124 valence electrons. The summed E-state index contributed by atoms with van der Waals surface area (Å²) in [5.41, 5.74) is 4.46. The molecule has 0 radical (unpaired) electrons. The molecule has 3 heteroatoms. The molecule has 0 saturated carbocycles. The summed E-state index contributed by atoms with van der Waals surface area (Å²) in [4.78, 5) is 14.7. The topological polar surface area (TPSA) is 25.2 Å². The van der Waals surface area contributed by atoms with Crippen LogP contribution in [0.2, 0.25) is 0 Å². The molecule has 0 aliphatic heterocycles. The van der Waals surface area contributed by atoms with Crippen molar-refractivity contribution >= 4 is 16.6 Å². The number of nitrogens with zero attached hydrogens (tertiary/aromatic N) is 2. The molecule has 0 spiro atoms. The van der Waals surface area contributed by atoms with Crippen molar-refractivity contribution in [1.82, 2.24) is 4.57 Å². The van der Waals surface area contributed by atoms with Crippen LogP contribution in [0, 0.1) is 13.8 Å². The molecule has 0 fully saturated rings. The molecule has 1 heterocycles. The molecule has 0 amide bonds. The summed E-state index contributed by atoms with van der Waals surface area (Å²) >= 11 is 0. The molecule has 0 saturated heterocycles. The first kappa shape index (κ1) is 16.3. The van der Waals surface area contributed by atoms with Gasteiger partial charge in [0, 0.05) is 42.5 Å². The van der Waals surface area contributed by atoms with Crippen molar-refractivity contribution in [3.8, 4) is 0 Å². The molecule has 0 bridgehead atoms. The number of likely N-dealkylation sites (N-methyl/N-ethyl adjacent to an activating group) is 1. The first-order valence-corrected chi connectivity index (χ1v) is 8.50. The zero-order chi connectivity index (χ0) is 17.1. The molecule has 24 heavy (non-hydrogen) atoms. The summed E-state index contributed by atoms with van der Waals surface area (Å²) in [6.45, 7) is 8.91. The van der Waals surface area contributed by atoms with Gasteiger partial charge in [-0.2, -0.15) is 0 Å². The maximum absolute atomic E-state index is 12.3. The van der Waals surface area contributed by atoms with E-state index in [1.165, 1.54) is 11.3 Å². The molecular weight excluding hydrogens is 296 g/mol. The molecule has 0 unspecified atom stereocenters. The lowest BCUT2D eigenvalue weighted by Crippen LogP contribution is -2.27. The van der Waals surface area contributed by atoms with E-state index in [1.54, 1.807) is 0 Å². The molecule has 0 atom stereocenters. The third-order valence-corrected chi connectivity index (χ3v) is 4.53. The molecule has 1 aromatic heterocycles. The minimum absolute atomic E-state index is 0.132. The molecule has 3 rings (SSSR count). The van der Waals surface area contributed by atoms with E-state index < -0.39 is 0 Å². The third kappa shape index (κ3) is 3.21. The monoisotopic (exact) mass is 320 g/mol. The second kappa shape index (κ2) is 6.91. The number of rotatable bonds is 5. The predicted octanol–water partition coefficient (Wildman–Crippen LogP) is 4.14. The van der Waals surface area contributed by atoms with Crippen LogP contribution in [0.1, 0.15) is 18.1 Å². The summed E-state index contributed by atoms with van der Waals surface area (Å²) in [5.74, 6) is 0. The molecule has 3 aromatic rings. The van der Waals surface area contributed by atoms with Gasteiger partial charge in [-0.05, 0) is 50.6 Å². The first-order chi connectivity index (χ1) is 11.6. The number of hydrogen-bond acceptors (Lipinski definition) is 2. The maximum atomic E-state index is 12.3. The van der Waals surface area contributed by atoms with Crippen LogP contribution in [-0.2, 0) is 6.54 Å². The molecule has 0 N–H and O–H groups in total. The van der Waals surface area contributed by atoms with E-state index in [1.807, 2.05) is 37.4 Å². The number of benzene rings is 2. The molecule has 2 aromatic carbocycles. The van der Waals surface area contributed by atoms with Gasteiger partial charge in [0.15, 0.2) is 5.43 Å². The van der Waals surface area contributed by atoms with Crippen molar-refractivity contribution in [1.29, 1.82) is 0 Å². The molecule has 3 nitrogen and oxygen atoms in total. The van der Waals surface area contributed by atoms with Gasteiger partial charge in [-0.1, -0.05) is 24.3 Å². The summed E-state index contributed by atoms with van der Waals surface area (Å²) < 4.78 is 2.20. The van der Waals surface area contributed by atoms with Gasteiger partial charge >= 0.3 is 0 Å². The number of aryl methyl sites for hydroxylation is 2. The normalized spacial score (nSPS) is 11.0. The molecule has 0 aliphatic carbocycles. The van der Waals surface area contributed by atoms with Crippen molar-refractivity contribution in [2.75, 3.05) is 18.0 Å². The quantitative estimate of drug-likeness (QED) is 0.706. The molecule has 0 aliphatic rings. The van der Waals surface area contributed by atoms with Crippen molar-refractivity contribution < 1.29 is 0 Å². The third-order valence-electron chi connectivity index (χ3n) is 4.53. The number of pyridine rings is 1. The van der Waals surface area contributed by atoms with E-state index in [-0.39, 0.29) is 5.43 Å². The number of aromatic nitrogens is 1. The van der Waals surface area contributed by atoms with Crippen molar-refractivity contribution in [3.05, 3.63) is 76.1 Å². The van der Waals surface area contributed by atoms with Crippen LogP contribution in [-0.4, -0.2) is 17.7 Å². The van der Waals surface area contributed by atoms with Gasteiger partial charge in [-0.15, -0.1) is 0 Å². The zero-order valence-electron chi connectivity index (χ0n) is 14.6. The number of fused-ring (bicyclic) bond motifs is 1. The Bertz CT molecular complexity index is 911. The lowest BCUT2D eigenvalue weighted by molar-refractivity contribution is 0.677. The summed E-state index contributed by atoms with van der Waals surface area (Å²) in [6.07, 6.45) is 1.98. The highest BCUT2D eigenvalue weighted by molar-refractivity contribution is 5.79. The van der Waals surface area contributed by atoms with Crippen molar-refractivity contribution in [3.63, 3.8) is 0 Å². The zero-order valence-corrected chi connectivity index (χ0v) is 14.6. The lowest BCUT2D eigenvalue weighted by Gasteiger charge is -2.24. The maximum Gasteiger partial charge on any atom is 0.192 e. The van der Waals surface area contributed by atoms with Crippen LogP contribution in [0.25, 0.3) is 10.9 Å². The minimum atomic E-state index is 0.132. The Balaban J connectivity index is 1.90. The fourth-order valence-corrected chi connectivity index (χ4v) is 3.20. The van der Waals surface area contributed by atoms with E-state index in [2.05, 4.69) is 47.6 Å². The van der Waals surface area contributed by atoms with Crippen LogP contribution in [0.3, 0.4) is 0 Å². The van der Waals surface area contributed by atoms with Gasteiger partial charge in [0.05, 0.1) is 5.52 Å². The highest BCUT2D eigenvalue weighted by Crippen LogP contribution is 2.17. The Morgan fingerprint density at radius 3 is 2.58 bits per heavy atom. The standard InChI is InChI=1S/C21H24N2O/c1-4-22(18-9-7-8-16(2)14-18)12-13-23-15-17(3)21(24)19-10-5-6-11-20(19)23/h5-11,14-15H,4,12-13H2,1-3H3. The number of hydrogen-bond donors (Lipinski definition) is 0. The second-order valence-corrected chi connectivity index (χ2v) is 6.27. The summed E-state index contributed by atoms with van der Waals surface area (Å²) in [6, 6.07) is 16.5. The lowest BCUT2D eigenvalue weighted by atomic mass is 10.1. The number of para-hydroxylation sites is 1. The van der Waals surface area contributed by atoms with Crippen LogP contribution in [0.15, 0.2) is 59.5 Å². The van der Waals surface area contributed by atoms with E-state index in [0.29, 0.717) is 0 Å². The Labute approximate surface area is 143 Å². The van der Waals surface area contributed by atoms with Crippen LogP contribution < -0.4 is 10.3 Å². The first-order valence-electron chi connectivity index (χ1n) is 8.50. The van der Waals surface area contributed by atoms with Crippen LogP contribution in [0.4, 0.5) is 5.69 Å². The van der Waals surface area contributed by atoms with Crippen molar-refractivity contribution in [2.45, 2.75) is 27.3 Å². The van der Waals surface area contributed by atoms with Gasteiger partial charge in [-0.25, -0.2) is 0 Å². The Hall–Kier alpha value is -2.55. The fraction of sp³-hybridized carbons (Fsp3) is 0.286. The van der Waals surface area contributed by atoms with Gasteiger partial charge in [0.2, 0.25) is 0 Å². The van der Waals surface area contributed by atoms with E-state index >= 15 is 0 Å². The van der Waals surface area contributed by atoms with E-state index in [9.17, 15) is 4.79 Å². The van der Waals surface area contributed by atoms with E-state index in [0.717, 1.165) is 36.1 Å². The fourth-order valence-electron chi connectivity index (χ4n) is 3.20. The van der Waals surface area contributed by atoms with Gasteiger partial charge < -0.3 is 9.47 Å². The Kier molecular flexibility index (Phi) is 4.70. The second-order valence-electron chi connectivity index (χ2n) is 6.27. The predicted molar refractivity (Wildman–Crippen MR) is 102 cm³/mol. The number of anilines is 1.